The Balaban J connectivity index is 1.50. The number of aromatic nitrogens is 2. The molecule has 2 amide bonds. The maximum Gasteiger partial charge on any atom is 0.268 e. The predicted molar refractivity (Wildman–Crippen MR) is 118 cm³/mol. The number of rotatable bonds is 5. The Morgan fingerprint density at radius 2 is 2.03 bits per heavy atom. The third-order valence-corrected chi connectivity index (χ3v) is 5.28. The van der Waals surface area contributed by atoms with Gasteiger partial charge in [-0.15, -0.1) is 0 Å². The molecule has 1 N–H and O–H groups in total. The number of carbonyl (C=O) groups is 2. The second kappa shape index (κ2) is 9.12. The maximum absolute atomic E-state index is 13.6. The maximum atomic E-state index is 13.6. The van der Waals surface area contributed by atoms with E-state index in [1.165, 1.54) is 12.3 Å². The molecule has 166 valence electrons. The largest absolute Gasteiger partial charge is 0.343 e. The van der Waals surface area contributed by atoms with E-state index in [1.807, 2.05) is 36.4 Å². The van der Waals surface area contributed by atoms with Crippen molar-refractivity contribution in [3.05, 3.63) is 71.7 Å². The number of likely N-dealkylation sites (tertiary alicyclic amines) is 1. The fourth-order valence-corrected chi connectivity index (χ4v) is 3.67. The minimum Gasteiger partial charge on any atom is -0.343 e. The van der Waals surface area contributed by atoms with Gasteiger partial charge in [0.1, 0.15) is 6.04 Å². The van der Waals surface area contributed by atoms with E-state index in [-0.39, 0.29) is 0 Å². The molecule has 1 fully saturated rings. The molecule has 3 heterocycles. The van der Waals surface area contributed by atoms with Gasteiger partial charge in [0.2, 0.25) is 5.91 Å². The minimum atomic E-state index is -3.11. The van der Waals surface area contributed by atoms with Crippen molar-refractivity contribution in [3.8, 4) is 6.07 Å². The Morgan fingerprint density at radius 3 is 2.79 bits per heavy atom. The molecule has 0 bridgehead atoms. The second-order valence-electron chi connectivity index (χ2n) is 7.63. The highest BCUT2D eigenvalue weighted by Crippen LogP contribution is 2.31. The molecule has 0 spiro atoms. The number of pyridine rings is 2. The smallest absolute Gasteiger partial charge is 0.268 e. The van der Waals surface area contributed by atoms with Gasteiger partial charge < -0.3 is 10.2 Å². The fraction of sp³-hybridized carbons (Fsp3) is 0.208. The quantitative estimate of drug-likeness (QED) is 0.647. The van der Waals surface area contributed by atoms with E-state index < -0.39 is 43.3 Å². The van der Waals surface area contributed by atoms with E-state index in [9.17, 15) is 18.4 Å². The van der Waals surface area contributed by atoms with Crippen molar-refractivity contribution in [2.45, 2.75) is 18.4 Å². The number of hydrogen-bond acceptors (Lipinski definition) is 5. The summed E-state index contributed by atoms with van der Waals surface area (Å²) in [5.74, 6) is -4.38. The second-order valence-corrected chi connectivity index (χ2v) is 7.63. The summed E-state index contributed by atoms with van der Waals surface area (Å²) in [5, 5.41) is 12.1. The molecule has 0 aliphatic carbocycles. The van der Waals surface area contributed by atoms with Gasteiger partial charge in [0.05, 0.1) is 35.9 Å². The lowest BCUT2D eigenvalue weighted by atomic mass is 10.0. The number of nitrogens with zero attached hydrogens (tertiary/aromatic N) is 4. The van der Waals surface area contributed by atoms with Crippen LogP contribution in [0.2, 0.25) is 0 Å². The molecule has 1 aliphatic heterocycles. The van der Waals surface area contributed by atoms with Gasteiger partial charge in [0.15, 0.2) is 0 Å². The fourth-order valence-electron chi connectivity index (χ4n) is 3.67. The lowest BCUT2D eigenvalue weighted by Crippen LogP contribution is -2.43. The molecule has 7 nitrogen and oxygen atoms in total. The Bertz CT molecular complexity index is 1270. The molecular weight excluding hydrogens is 428 g/mol. The Morgan fingerprint density at radius 1 is 1.18 bits per heavy atom. The first kappa shape index (κ1) is 22.0. The van der Waals surface area contributed by atoms with Crippen LogP contribution >= 0.6 is 0 Å². The molecule has 33 heavy (non-hydrogen) atoms. The van der Waals surface area contributed by atoms with Crippen molar-refractivity contribution in [3.63, 3.8) is 0 Å². The number of amides is 2. The van der Waals surface area contributed by atoms with Crippen molar-refractivity contribution in [2.75, 3.05) is 13.1 Å². The van der Waals surface area contributed by atoms with Crippen LogP contribution < -0.4 is 5.32 Å². The summed E-state index contributed by atoms with van der Waals surface area (Å²) < 4.78 is 27.2. The molecule has 0 unspecified atom stereocenters. The summed E-state index contributed by atoms with van der Waals surface area (Å²) >= 11 is 0. The number of halogens is 2. The molecule has 3 aromatic rings. The van der Waals surface area contributed by atoms with Crippen LogP contribution in [0, 0.1) is 11.3 Å². The lowest BCUT2D eigenvalue weighted by molar-refractivity contribution is -0.131. The lowest BCUT2D eigenvalue weighted by Gasteiger charge is -2.19. The zero-order valence-corrected chi connectivity index (χ0v) is 17.4. The van der Waals surface area contributed by atoms with Gasteiger partial charge in [-0.05, 0) is 42.0 Å². The van der Waals surface area contributed by atoms with Gasteiger partial charge in [-0.2, -0.15) is 5.26 Å². The van der Waals surface area contributed by atoms with Crippen LogP contribution in [0.15, 0.2) is 54.9 Å². The summed E-state index contributed by atoms with van der Waals surface area (Å²) in [6.45, 7) is -1.32. The highest BCUT2D eigenvalue weighted by atomic mass is 19.3. The van der Waals surface area contributed by atoms with Crippen molar-refractivity contribution in [1.82, 2.24) is 20.2 Å². The Hall–Kier alpha value is -4.19. The topological polar surface area (TPSA) is 99.0 Å². The van der Waals surface area contributed by atoms with Gasteiger partial charge in [0, 0.05) is 24.2 Å². The highest BCUT2D eigenvalue weighted by molar-refractivity contribution is 6.07. The van der Waals surface area contributed by atoms with Gasteiger partial charge in [0.25, 0.3) is 11.8 Å². The first-order chi connectivity index (χ1) is 15.9. The van der Waals surface area contributed by atoms with E-state index in [0.717, 1.165) is 16.2 Å². The minimum absolute atomic E-state index is 0.296. The molecule has 1 saturated heterocycles. The van der Waals surface area contributed by atoms with E-state index in [1.54, 1.807) is 24.4 Å². The summed E-state index contributed by atoms with van der Waals surface area (Å²) in [5.41, 5.74) is 2.49. The third kappa shape index (κ3) is 5.01. The highest BCUT2D eigenvalue weighted by Gasteiger charge is 2.47. The van der Waals surface area contributed by atoms with Crippen molar-refractivity contribution >= 4 is 34.9 Å². The molecule has 2 aromatic heterocycles. The number of nitrogens with one attached hydrogen (secondary N) is 1. The number of alkyl halides is 2. The zero-order chi connectivity index (χ0) is 23.4. The number of benzene rings is 1. The zero-order valence-electron chi connectivity index (χ0n) is 17.4. The number of fused-ring (bicyclic) bond motifs is 1. The first-order valence-corrected chi connectivity index (χ1v) is 10.2. The molecule has 9 heteroatoms. The van der Waals surface area contributed by atoms with Crippen LogP contribution in [0.25, 0.3) is 23.1 Å². The van der Waals surface area contributed by atoms with Crippen molar-refractivity contribution in [1.29, 1.82) is 5.26 Å². The van der Waals surface area contributed by atoms with Gasteiger partial charge in [-0.1, -0.05) is 18.2 Å². The third-order valence-electron chi connectivity index (χ3n) is 5.28. The number of carbonyl (C=O) groups excluding carboxylic acids is 2. The van der Waals surface area contributed by atoms with Gasteiger partial charge in [-0.3, -0.25) is 19.6 Å². The normalized spacial score (nSPS) is 17.2. The number of nitriles is 1. The van der Waals surface area contributed by atoms with Gasteiger partial charge >= 0.3 is 0 Å². The molecule has 1 atom stereocenters. The number of hydrogen-bond donors (Lipinski definition) is 1. The molecule has 4 rings (SSSR count). The van der Waals surface area contributed by atoms with Crippen LogP contribution in [0.4, 0.5) is 8.78 Å². The first-order valence-electron chi connectivity index (χ1n) is 10.2. The molecule has 1 aliphatic rings. The van der Waals surface area contributed by atoms with E-state index in [4.69, 9.17) is 5.26 Å². The van der Waals surface area contributed by atoms with Gasteiger partial charge in [-0.25, -0.2) is 8.78 Å². The van der Waals surface area contributed by atoms with Crippen LogP contribution in [0.1, 0.15) is 28.0 Å². The van der Waals surface area contributed by atoms with Crippen molar-refractivity contribution in [2.24, 2.45) is 0 Å². The average molecular weight is 447 g/mol. The monoisotopic (exact) mass is 447 g/mol. The average Bonchev–Trinajstić information content (AvgIpc) is 3.15. The van der Waals surface area contributed by atoms with Crippen LogP contribution in [-0.4, -0.2) is 51.7 Å². The van der Waals surface area contributed by atoms with E-state index in [2.05, 4.69) is 15.3 Å². The van der Waals surface area contributed by atoms with Crippen LogP contribution in [-0.2, 0) is 4.79 Å². The molecule has 0 saturated carbocycles. The SMILES string of the molecule is N#C[C@@H]1CC(F)(F)CN1C(=O)CNC(=O)c1ccnc2ccc(/C=C/c3ccccn3)cc12. The molecule has 0 radical (unpaired) electrons. The standard InChI is InChI=1S/C24H19F2N5O2/c25-24(26)12-18(13-27)31(15-24)22(32)14-30-23(33)19-8-10-29-21-7-5-16(11-20(19)21)4-6-17-3-1-2-9-28-17/h1-11,18H,12,14-15H2,(H,30,33)/b6-4+/t18-/m0/s1. The summed E-state index contributed by atoms with van der Waals surface area (Å²) in [6, 6.07) is 13.0. The van der Waals surface area contributed by atoms with E-state index >= 15 is 0 Å². The Kier molecular flexibility index (Phi) is 6.09. The predicted octanol–water partition coefficient (Wildman–Crippen LogP) is 3.29. The van der Waals surface area contributed by atoms with Crippen LogP contribution in [0.5, 0.6) is 0 Å². The van der Waals surface area contributed by atoms with Crippen LogP contribution in [0.3, 0.4) is 0 Å². The summed E-state index contributed by atoms with van der Waals surface area (Å²) in [4.78, 5) is 34.5. The summed E-state index contributed by atoms with van der Waals surface area (Å²) in [6.07, 6.45) is 6.17. The Labute approximate surface area is 188 Å². The molecule has 1 aromatic carbocycles. The summed E-state index contributed by atoms with van der Waals surface area (Å²) in [7, 11) is 0. The molecular formula is C24H19F2N5O2. The van der Waals surface area contributed by atoms with Crippen molar-refractivity contribution < 1.29 is 18.4 Å². The van der Waals surface area contributed by atoms with E-state index in [0.29, 0.717) is 16.5 Å².